The van der Waals surface area contributed by atoms with Crippen LogP contribution in [0, 0.1) is 11.8 Å². The van der Waals surface area contributed by atoms with E-state index in [0.29, 0.717) is 18.9 Å². The van der Waals surface area contributed by atoms with Crippen LogP contribution in [0.2, 0.25) is 0 Å². The predicted octanol–water partition coefficient (Wildman–Crippen LogP) is 2.18. The SMILES string of the molecule is CCc1nc2ccccc2n1CCC(=O)N1CC(N)C(C2CC2)C1. The van der Waals surface area contributed by atoms with Crippen molar-refractivity contribution in [2.24, 2.45) is 17.6 Å². The summed E-state index contributed by atoms with van der Waals surface area (Å²) in [5, 5.41) is 0. The highest BCUT2D eigenvalue weighted by atomic mass is 16.2. The van der Waals surface area contributed by atoms with E-state index in [4.69, 9.17) is 5.73 Å². The fraction of sp³-hybridized carbons (Fsp3) is 0.579. The number of aromatic nitrogens is 2. The van der Waals surface area contributed by atoms with Gasteiger partial charge in [0.05, 0.1) is 11.0 Å². The lowest BCUT2D eigenvalue weighted by molar-refractivity contribution is -0.130. The number of carbonyl (C=O) groups is 1. The van der Waals surface area contributed by atoms with Crippen LogP contribution < -0.4 is 5.73 Å². The summed E-state index contributed by atoms with van der Waals surface area (Å²) in [6.45, 7) is 4.39. The minimum absolute atomic E-state index is 0.168. The van der Waals surface area contributed by atoms with Crippen molar-refractivity contribution in [3.8, 4) is 0 Å². The molecule has 2 N–H and O–H groups in total. The van der Waals surface area contributed by atoms with Gasteiger partial charge in [-0.1, -0.05) is 19.1 Å². The number of hydrogen-bond acceptors (Lipinski definition) is 3. The number of para-hydroxylation sites is 2. The number of nitrogens with zero attached hydrogens (tertiary/aromatic N) is 3. The fourth-order valence-corrected chi connectivity index (χ4v) is 4.09. The van der Waals surface area contributed by atoms with Crippen molar-refractivity contribution in [3.63, 3.8) is 0 Å². The van der Waals surface area contributed by atoms with Crippen LogP contribution in [0.3, 0.4) is 0 Å². The molecular formula is C19H26N4O. The van der Waals surface area contributed by atoms with Crippen molar-refractivity contribution in [1.82, 2.24) is 14.5 Å². The van der Waals surface area contributed by atoms with Gasteiger partial charge in [-0.05, 0) is 36.8 Å². The molecule has 5 heteroatoms. The van der Waals surface area contributed by atoms with Gasteiger partial charge in [0.15, 0.2) is 0 Å². The number of nitrogens with two attached hydrogens (primary N) is 1. The fourth-order valence-electron chi connectivity index (χ4n) is 4.09. The van der Waals surface area contributed by atoms with Crippen LogP contribution in [0.5, 0.6) is 0 Å². The van der Waals surface area contributed by atoms with Gasteiger partial charge >= 0.3 is 0 Å². The maximum Gasteiger partial charge on any atom is 0.224 e. The number of amides is 1. The molecule has 24 heavy (non-hydrogen) atoms. The van der Waals surface area contributed by atoms with Gasteiger partial charge in [-0.3, -0.25) is 4.79 Å². The van der Waals surface area contributed by atoms with E-state index in [-0.39, 0.29) is 11.9 Å². The van der Waals surface area contributed by atoms with Crippen LogP contribution in [0.1, 0.15) is 32.0 Å². The van der Waals surface area contributed by atoms with Gasteiger partial charge in [-0.2, -0.15) is 0 Å². The molecular weight excluding hydrogens is 300 g/mol. The number of likely N-dealkylation sites (tertiary alicyclic amines) is 1. The molecule has 0 radical (unpaired) electrons. The standard InChI is InChI=1S/C19H26N4O/c1-2-18-21-16-5-3-4-6-17(16)23(18)10-9-19(24)22-11-14(13-7-8-13)15(20)12-22/h3-6,13-15H,2,7-12,20H2,1H3. The van der Waals surface area contributed by atoms with E-state index in [9.17, 15) is 4.79 Å². The molecule has 2 heterocycles. The molecule has 1 saturated carbocycles. The molecule has 128 valence electrons. The summed E-state index contributed by atoms with van der Waals surface area (Å²) in [6.07, 6.45) is 3.99. The molecule has 0 spiro atoms. The third kappa shape index (κ3) is 2.81. The highest BCUT2D eigenvalue weighted by Crippen LogP contribution is 2.40. The highest BCUT2D eigenvalue weighted by Gasteiger charge is 2.41. The third-order valence-electron chi connectivity index (χ3n) is 5.59. The van der Waals surface area contributed by atoms with Gasteiger partial charge in [0.1, 0.15) is 5.82 Å². The zero-order valence-corrected chi connectivity index (χ0v) is 14.3. The Balaban J connectivity index is 1.44. The van der Waals surface area contributed by atoms with Gasteiger partial charge in [-0.15, -0.1) is 0 Å². The summed E-state index contributed by atoms with van der Waals surface area (Å²) in [6, 6.07) is 8.32. The number of fused-ring (bicyclic) bond motifs is 1. The Kier molecular flexibility index (Phi) is 4.04. The first kappa shape index (κ1) is 15.6. The molecule has 1 aromatic carbocycles. The van der Waals surface area contributed by atoms with Crippen LogP contribution in [-0.2, 0) is 17.8 Å². The Morgan fingerprint density at radius 3 is 2.83 bits per heavy atom. The minimum Gasteiger partial charge on any atom is -0.341 e. The molecule has 1 aromatic heterocycles. The summed E-state index contributed by atoms with van der Waals surface area (Å²) in [4.78, 5) is 19.3. The van der Waals surface area contributed by atoms with Crippen LogP contribution in [0.4, 0.5) is 0 Å². The lowest BCUT2D eigenvalue weighted by Gasteiger charge is -2.17. The molecule has 2 atom stereocenters. The molecule has 2 fully saturated rings. The normalized spacial score (nSPS) is 24.0. The van der Waals surface area contributed by atoms with Crippen LogP contribution >= 0.6 is 0 Å². The maximum absolute atomic E-state index is 12.6. The van der Waals surface area contributed by atoms with Crippen molar-refractivity contribution in [2.45, 2.75) is 45.2 Å². The number of carbonyl (C=O) groups excluding carboxylic acids is 1. The lowest BCUT2D eigenvalue weighted by atomic mass is 9.99. The quantitative estimate of drug-likeness (QED) is 0.916. The average molecular weight is 326 g/mol. The first-order valence-electron chi connectivity index (χ1n) is 9.15. The first-order valence-corrected chi connectivity index (χ1v) is 9.15. The van der Waals surface area contributed by atoms with Crippen molar-refractivity contribution in [2.75, 3.05) is 13.1 Å². The van der Waals surface area contributed by atoms with Crippen LogP contribution in [0.15, 0.2) is 24.3 Å². The van der Waals surface area contributed by atoms with E-state index < -0.39 is 0 Å². The molecule has 1 amide bonds. The highest BCUT2D eigenvalue weighted by molar-refractivity contribution is 5.78. The van der Waals surface area contributed by atoms with Gasteiger partial charge < -0.3 is 15.2 Å². The topological polar surface area (TPSA) is 64.2 Å². The summed E-state index contributed by atoms with van der Waals surface area (Å²) in [7, 11) is 0. The van der Waals surface area contributed by atoms with Gasteiger partial charge in [0.25, 0.3) is 0 Å². The average Bonchev–Trinajstić information content (AvgIpc) is 3.26. The van der Waals surface area contributed by atoms with E-state index in [1.165, 1.54) is 12.8 Å². The Morgan fingerprint density at radius 2 is 2.08 bits per heavy atom. The van der Waals surface area contributed by atoms with Crippen molar-refractivity contribution in [1.29, 1.82) is 0 Å². The molecule has 2 unspecified atom stereocenters. The Labute approximate surface area is 142 Å². The van der Waals surface area contributed by atoms with E-state index >= 15 is 0 Å². The van der Waals surface area contributed by atoms with E-state index in [1.54, 1.807) is 0 Å². The van der Waals surface area contributed by atoms with Gasteiger partial charge in [-0.25, -0.2) is 4.98 Å². The largest absolute Gasteiger partial charge is 0.341 e. The third-order valence-corrected chi connectivity index (χ3v) is 5.59. The number of rotatable bonds is 5. The van der Waals surface area contributed by atoms with Crippen molar-refractivity contribution < 1.29 is 4.79 Å². The first-order chi connectivity index (χ1) is 11.7. The second-order valence-electron chi connectivity index (χ2n) is 7.24. The van der Waals surface area contributed by atoms with Crippen molar-refractivity contribution in [3.05, 3.63) is 30.1 Å². The van der Waals surface area contributed by atoms with Gasteiger partial charge in [0.2, 0.25) is 5.91 Å². The second kappa shape index (κ2) is 6.20. The smallest absolute Gasteiger partial charge is 0.224 e. The monoisotopic (exact) mass is 326 g/mol. The summed E-state index contributed by atoms with van der Waals surface area (Å²) >= 11 is 0. The Morgan fingerprint density at radius 1 is 1.29 bits per heavy atom. The minimum atomic E-state index is 0.168. The number of benzene rings is 1. The zero-order chi connectivity index (χ0) is 16.7. The summed E-state index contributed by atoms with van der Waals surface area (Å²) in [5.74, 6) is 2.57. The molecule has 5 nitrogen and oxygen atoms in total. The lowest BCUT2D eigenvalue weighted by Crippen LogP contribution is -2.33. The summed E-state index contributed by atoms with van der Waals surface area (Å²) < 4.78 is 2.20. The summed E-state index contributed by atoms with van der Waals surface area (Å²) in [5.41, 5.74) is 8.38. The zero-order valence-electron chi connectivity index (χ0n) is 14.3. The Bertz CT molecular complexity index is 749. The van der Waals surface area contributed by atoms with Crippen LogP contribution in [0.25, 0.3) is 11.0 Å². The Hall–Kier alpha value is -1.88. The second-order valence-corrected chi connectivity index (χ2v) is 7.24. The molecule has 2 aromatic rings. The molecule has 1 saturated heterocycles. The molecule has 1 aliphatic heterocycles. The van der Waals surface area contributed by atoms with E-state index in [2.05, 4.69) is 22.5 Å². The van der Waals surface area contributed by atoms with Crippen molar-refractivity contribution >= 4 is 16.9 Å². The molecule has 2 aliphatic rings. The number of imidazole rings is 1. The predicted molar refractivity (Wildman–Crippen MR) is 94.5 cm³/mol. The van der Waals surface area contributed by atoms with Gasteiger partial charge in [0, 0.05) is 38.5 Å². The molecule has 1 aliphatic carbocycles. The maximum atomic E-state index is 12.6. The van der Waals surface area contributed by atoms with Crippen LogP contribution in [-0.4, -0.2) is 39.5 Å². The number of hydrogen-bond donors (Lipinski definition) is 1. The van der Waals surface area contributed by atoms with E-state index in [1.807, 2.05) is 23.1 Å². The molecule has 0 bridgehead atoms. The van der Waals surface area contributed by atoms with E-state index in [0.717, 1.165) is 42.3 Å². The molecule has 4 rings (SSSR count). The number of aryl methyl sites for hydroxylation is 2.